The molecule has 0 aromatic heterocycles. The highest BCUT2D eigenvalue weighted by Crippen LogP contribution is 2.18. The van der Waals surface area contributed by atoms with Gasteiger partial charge in [-0.2, -0.15) is 0 Å². The van der Waals surface area contributed by atoms with E-state index in [1.54, 1.807) is 0 Å². The molecule has 0 heterocycles. The quantitative estimate of drug-likeness (QED) is 0.711. The first-order valence-electron chi connectivity index (χ1n) is 7.24. The van der Waals surface area contributed by atoms with Gasteiger partial charge in [-0.1, -0.05) is 32.1 Å². The smallest absolute Gasteiger partial charge is 0.119 e. The zero-order chi connectivity index (χ0) is 14.1. The Balaban J connectivity index is 2.41. The normalized spacial score (nSPS) is 11.9. The van der Waals surface area contributed by atoms with Crippen LogP contribution >= 0.6 is 0 Å². The van der Waals surface area contributed by atoms with Gasteiger partial charge in [0.15, 0.2) is 0 Å². The molecule has 1 aromatic rings. The van der Waals surface area contributed by atoms with Crippen LogP contribution in [0.15, 0.2) is 30.3 Å². The topological polar surface area (TPSA) is 21.3 Å². The van der Waals surface area contributed by atoms with E-state index in [0.29, 0.717) is 0 Å². The minimum absolute atomic E-state index is 0.718. The number of allylic oxidation sites excluding steroid dienone is 1. The monoisotopic (exact) mass is 261 g/mol. The number of rotatable bonds is 8. The Morgan fingerprint density at radius 3 is 2.53 bits per heavy atom. The third kappa shape index (κ3) is 6.44. The lowest BCUT2D eigenvalue weighted by atomic mass is 10.1. The van der Waals surface area contributed by atoms with Crippen LogP contribution < -0.4 is 10.1 Å². The first kappa shape index (κ1) is 15.8. The maximum Gasteiger partial charge on any atom is 0.119 e. The fourth-order valence-corrected chi connectivity index (χ4v) is 1.88. The molecule has 0 amide bonds. The molecule has 0 saturated heterocycles. The first-order chi connectivity index (χ1) is 9.13. The Kier molecular flexibility index (Phi) is 7.27. The fraction of sp³-hybridized carbons (Fsp3) is 0.529. The highest BCUT2D eigenvalue weighted by molar-refractivity contribution is 5.64. The van der Waals surface area contributed by atoms with Crippen LogP contribution in [0.3, 0.4) is 0 Å². The molecule has 106 valence electrons. The van der Waals surface area contributed by atoms with Crippen molar-refractivity contribution in [2.75, 3.05) is 19.7 Å². The van der Waals surface area contributed by atoms with Crippen molar-refractivity contribution in [3.05, 3.63) is 35.9 Å². The van der Waals surface area contributed by atoms with E-state index in [4.69, 9.17) is 4.74 Å². The van der Waals surface area contributed by atoms with Crippen LogP contribution in [-0.2, 0) is 0 Å². The van der Waals surface area contributed by atoms with Gasteiger partial charge in [-0.05, 0) is 62.5 Å². The second-order valence-corrected chi connectivity index (χ2v) is 5.23. The molecular formula is C17H27NO. The zero-order valence-electron chi connectivity index (χ0n) is 12.7. The van der Waals surface area contributed by atoms with Crippen LogP contribution in [0.4, 0.5) is 0 Å². The number of hydrogen-bond acceptors (Lipinski definition) is 2. The Bertz CT molecular complexity index is 379. The highest BCUT2D eigenvalue weighted by Gasteiger charge is 1.97. The summed E-state index contributed by atoms with van der Waals surface area (Å²) in [5, 5.41) is 3.45. The molecule has 19 heavy (non-hydrogen) atoms. The molecule has 0 radical (unpaired) electrons. The fourth-order valence-electron chi connectivity index (χ4n) is 1.88. The molecule has 0 saturated carbocycles. The van der Waals surface area contributed by atoms with Gasteiger partial charge >= 0.3 is 0 Å². The predicted octanol–water partition coefficient (Wildman–Crippen LogP) is 4.12. The number of hydrogen-bond donors (Lipinski definition) is 1. The van der Waals surface area contributed by atoms with Gasteiger partial charge in [0.05, 0.1) is 6.61 Å². The highest BCUT2D eigenvalue weighted by atomic mass is 16.5. The molecule has 0 atom stereocenters. The Morgan fingerprint density at radius 1 is 1.26 bits per heavy atom. The molecule has 2 nitrogen and oxygen atoms in total. The molecule has 0 aliphatic carbocycles. The number of benzene rings is 1. The van der Waals surface area contributed by atoms with Crippen molar-refractivity contribution in [1.29, 1.82) is 0 Å². The number of ether oxygens (including phenoxy) is 1. The largest absolute Gasteiger partial charge is 0.494 e. The van der Waals surface area contributed by atoms with Crippen molar-refractivity contribution < 1.29 is 4.74 Å². The van der Waals surface area contributed by atoms with Crippen LogP contribution in [-0.4, -0.2) is 19.7 Å². The summed E-state index contributed by atoms with van der Waals surface area (Å²) in [5.74, 6) is 1.66. The molecular weight excluding hydrogens is 234 g/mol. The zero-order valence-corrected chi connectivity index (χ0v) is 12.7. The van der Waals surface area contributed by atoms with Crippen LogP contribution in [0.5, 0.6) is 5.75 Å². The summed E-state index contributed by atoms with van der Waals surface area (Å²) in [7, 11) is 0. The summed E-state index contributed by atoms with van der Waals surface area (Å²) in [6.45, 7) is 11.5. The lowest BCUT2D eigenvalue weighted by Gasteiger charge is -2.07. The van der Waals surface area contributed by atoms with Crippen molar-refractivity contribution in [3.63, 3.8) is 0 Å². The van der Waals surface area contributed by atoms with Crippen LogP contribution in [0.1, 0.15) is 39.7 Å². The Hall–Kier alpha value is -1.28. The van der Waals surface area contributed by atoms with Gasteiger partial charge in [0, 0.05) is 0 Å². The lowest BCUT2D eigenvalue weighted by Crippen LogP contribution is -2.20. The molecule has 0 fully saturated rings. The predicted molar refractivity (Wildman–Crippen MR) is 83.6 cm³/mol. The van der Waals surface area contributed by atoms with Gasteiger partial charge < -0.3 is 10.1 Å². The third-order valence-electron chi connectivity index (χ3n) is 2.94. The van der Waals surface area contributed by atoms with Gasteiger partial charge in [-0.25, -0.2) is 0 Å². The number of nitrogens with one attached hydrogen (secondary N) is 1. The molecule has 2 heteroatoms. The summed E-state index contributed by atoms with van der Waals surface area (Å²) in [5.41, 5.74) is 2.60. The van der Waals surface area contributed by atoms with E-state index in [1.807, 2.05) is 19.1 Å². The minimum Gasteiger partial charge on any atom is -0.494 e. The summed E-state index contributed by atoms with van der Waals surface area (Å²) < 4.78 is 5.45. The lowest BCUT2D eigenvalue weighted by molar-refractivity contribution is 0.340. The molecule has 0 spiro atoms. The van der Waals surface area contributed by atoms with Crippen molar-refractivity contribution >= 4 is 5.57 Å². The van der Waals surface area contributed by atoms with Crippen LogP contribution in [0.2, 0.25) is 0 Å². The van der Waals surface area contributed by atoms with Crippen LogP contribution in [0, 0.1) is 5.92 Å². The average Bonchev–Trinajstić information content (AvgIpc) is 2.39. The summed E-state index contributed by atoms with van der Waals surface area (Å²) in [6, 6.07) is 8.32. The Labute approximate surface area is 117 Å². The van der Waals surface area contributed by atoms with Gasteiger partial charge in [0.2, 0.25) is 0 Å². The summed E-state index contributed by atoms with van der Waals surface area (Å²) in [6.07, 6.45) is 3.37. The van der Waals surface area contributed by atoms with E-state index in [-0.39, 0.29) is 0 Å². The maximum atomic E-state index is 5.45. The van der Waals surface area contributed by atoms with Crippen molar-refractivity contribution in [2.45, 2.75) is 34.1 Å². The van der Waals surface area contributed by atoms with E-state index in [9.17, 15) is 0 Å². The second-order valence-electron chi connectivity index (χ2n) is 5.23. The standard InChI is InChI=1S/C17H27NO/c1-5-19-17-10-8-16(9-11-17)15(4)7-6-12-18-13-14(2)3/h7-11,14,18H,5-6,12-13H2,1-4H3. The summed E-state index contributed by atoms with van der Waals surface area (Å²) >= 11 is 0. The van der Waals surface area contributed by atoms with Crippen LogP contribution in [0.25, 0.3) is 5.57 Å². The van der Waals surface area contributed by atoms with E-state index >= 15 is 0 Å². The van der Waals surface area contributed by atoms with Gasteiger partial charge in [0.25, 0.3) is 0 Å². The van der Waals surface area contributed by atoms with E-state index in [2.05, 4.69) is 44.3 Å². The molecule has 0 unspecified atom stereocenters. The van der Waals surface area contributed by atoms with E-state index in [1.165, 1.54) is 11.1 Å². The van der Waals surface area contributed by atoms with Crippen molar-refractivity contribution in [3.8, 4) is 5.75 Å². The second kappa shape index (κ2) is 8.76. The van der Waals surface area contributed by atoms with Crippen molar-refractivity contribution in [2.24, 2.45) is 5.92 Å². The molecule has 0 bridgehead atoms. The third-order valence-corrected chi connectivity index (χ3v) is 2.94. The molecule has 1 aromatic carbocycles. The van der Waals surface area contributed by atoms with Crippen molar-refractivity contribution in [1.82, 2.24) is 5.32 Å². The van der Waals surface area contributed by atoms with E-state index < -0.39 is 0 Å². The first-order valence-corrected chi connectivity index (χ1v) is 7.24. The molecule has 0 aliphatic rings. The summed E-state index contributed by atoms with van der Waals surface area (Å²) in [4.78, 5) is 0. The molecule has 1 N–H and O–H groups in total. The Morgan fingerprint density at radius 2 is 1.95 bits per heavy atom. The SMILES string of the molecule is CCOc1ccc(C(C)=CCCNCC(C)C)cc1. The van der Waals surface area contributed by atoms with Gasteiger partial charge in [0.1, 0.15) is 5.75 Å². The minimum atomic E-state index is 0.718. The van der Waals surface area contributed by atoms with E-state index in [0.717, 1.165) is 37.8 Å². The average molecular weight is 261 g/mol. The van der Waals surface area contributed by atoms with Gasteiger partial charge in [-0.15, -0.1) is 0 Å². The molecule has 1 rings (SSSR count). The molecule has 0 aliphatic heterocycles. The van der Waals surface area contributed by atoms with Gasteiger partial charge in [-0.3, -0.25) is 0 Å². The maximum absolute atomic E-state index is 5.45.